The van der Waals surface area contributed by atoms with Crippen molar-refractivity contribution >= 4 is 27.5 Å². The van der Waals surface area contributed by atoms with Crippen LogP contribution in [0.4, 0.5) is 0 Å². The first-order valence-electron chi connectivity index (χ1n) is 8.90. The first-order chi connectivity index (χ1) is 11.9. The summed E-state index contributed by atoms with van der Waals surface area (Å²) in [7, 11) is -3.30. The predicted octanol–water partition coefficient (Wildman–Crippen LogP) is 2.03. The Balaban J connectivity index is 1.71. The van der Waals surface area contributed by atoms with Gasteiger partial charge in [0, 0.05) is 31.1 Å². The number of hydrogen-bond acceptors (Lipinski definition) is 5. The van der Waals surface area contributed by atoms with Gasteiger partial charge in [-0.3, -0.25) is 4.79 Å². The van der Waals surface area contributed by atoms with Gasteiger partial charge in [-0.2, -0.15) is 0 Å². The molecule has 3 atom stereocenters. The zero-order valence-corrected chi connectivity index (χ0v) is 16.4. The highest BCUT2D eigenvalue weighted by Gasteiger charge is 2.39. The van der Waals surface area contributed by atoms with Gasteiger partial charge in [0.15, 0.2) is 9.84 Å². The van der Waals surface area contributed by atoms with Crippen molar-refractivity contribution in [3.05, 3.63) is 24.3 Å². The van der Waals surface area contributed by atoms with E-state index in [1.807, 2.05) is 24.8 Å². The van der Waals surface area contributed by atoms with Gasteiger partial charge in [0.05, 0.1) is 15.9 Å². The molecule has 0 spiro atoms. The molecule has 0 radical (unpaired) electrons. The summed E-state index contributed by atoms with van der Waals surface area (Å²) >= 11 is 1.36. The largest absolute Gasteiger partial charge is 0.341 e. The minimum absolute atomic E-state index is 0.113. The molecular formula is C18H26N2O3S2. The van der Waals surface area contributed by atoms with E-state index in [0.29, 0.717) is 28.0 Å². The molecule has 1 amide bonds. The third-order valence-electron chi connectivity index (χ3n) is 5.01. The number of fused-ring (bicyclic) bond motifs is 1. The lowest BCUT2D eigenvalue weighted by Crippen LogP contribution is -2.36. The summed E-state index contributed by atoms with van der Waals surface area (Å²) in [5.74, 6) is 1.38. The van der Waals surface area contributed by atoms with Gasteiger partial charge in [-0.1, -0.05) is 19.1 Å². The fourth-order valence-corrected chi connectivity index (χ4v) is 6.63. The van der Waals surface area contributed by atoms with Crippen molar-refractivity contribution < 1.29 is 13.2 Å². The van der Waals surface area contributed by atoms with Crippen LogP contribution in [0, 0.1) is 11.8 Å². The molecule has 1 N–H and O–H groups in total. The zero-order chi connectivity index (χ0) is 18.0. The molecular weight excluding hydrogens is 356 g/mol. The first kappa shape index (κ1) is 18.7. The maximum absolute atomic E-state index is 12.8. The van der Waals surface area contributed by atoms with E-state index in [0.717, 1.165) is 26.2 Å². The number of nitrogens with zero attached hydrogens (tertiary/aromatic N) is 1. The minimum atomic E-state index is -3.30. The second-order valence-electron chi connectivity index (χ2n) is 6.95. The summed E-state index contributed by atoms with van der Waals surface area (Å²) in [6.45, 7) is 7.36. The lowest BCUT2D eigenvalue weighted by atomic mass is 10.0. The van der Waals surface area contributed by atoms with Gasteiger partial charge in [0.2, 0.25) is 5.91 Å². The number of sulfone groups is 1. The van der Waals surface area contributed by atoms with Crippen LogP contribution in [0.15, 0.2) is 34.1 Å². The lowest BCUT2D eigenvalue weighted by molar-refractivity contribution is -0.129. The van der Waals surface area contributed by atoms with Gasteiger partial charge in [-0.05, 0) is 37.3 Å². The minimum Gasteiger partial charge on any atom is -0.341 e. The standard InChI is InChI=1S/C18H26N2O3S2/c1-3-8-25(22,23)17-7-5-4-6-16(17)24-13(2)18(21)20-11-14-9-19-10-15(14)12-20/h4-7,13-15,19H,3,8-12H2,1-2H3/t13?,14-,15+. The molecule has 0 saturated carbocycles. The highest BCUT2D eigenvalue weighted by atomic mass is 32.2. The van der Waals surface area contributed by atoms with Crippen molar-refractivity contribution in [3.8, 4) is 0 Å². The van der Waals surface area contributed by atoms with Crippen molar-refractivity contribution in [2.45, 2.75) is 35.3 Å². The van der Waals surface area contributed by atoms with Crippen molar-refractivity contribution in [2.24, 2.45) is 11.8 Å². The van der Waals surface area contributed by atoms with E-state index in [9.17, 15) is 13.2 Å². The number of nitrogens with one attached hydrogen (secondary N) is 1. The molecule has 0 aliphatic carbocycles. The Morgan fingerprint density at radius 2 is 1.92 bits per heavy atom. The third kappa shape index (κ3) is 4.04. The van der Waals surface area contributed by atoms with Crippen molar-refractivity contribution in [1.82, 2.24) is 10.2 Å². The highest BCUT2D eigenvalue weighted by molar-refractivity contribution is 8.01. The molecule has 2 heterocycles. The van der Waals surface area contributed by atoms with Crippen molar-refractivity contribution in [1.29, 1.82) is 0 Å². The van der Waals surface area contributed by atoms with Crippen LogP contribution in [0.2, 0.25) is 0 Å². The number of rotatable bonds is 6. The predicted molar refractivity (Wildman–Crippen MR) is 101 cm³/mol. The van der Waals surface area contributed by atoms with Crippen LogP contribution in [-0.4, -0.2) is 56.4 Å². The molecule has 25 heavy (non-hydrogen) atoms. The molecule has 1 aromatic rings. The normalized spacial score (nSPS) is 24.3. The van der Waals surface area contributed by atoms with Crippen LogP contribution < -0.4 is 5.32 Å². The van der Waals surface area contributed by atoms with Crippen molar-refractivity contribution in [2.75, 3.05) is 31.9 Å². The molecule has 3 rings (SSSR count). The molecule has 2 fully saturated rings. The summed E-state index contributed by atoms with van der Waals surface area (Å²) < 4.78 is 25.0. The number of carbonyl (C=O) groups is 1. The van der Waals surface area contributed by atoms with Gasteiger partial charge < -0.3 is 10.2 Å². The Morgan fingerprint density at radius 3 is 2.56 bits per heavy atom. The monoisotopic (exact) mass is 382 g/mol. The Kier molecular flexibility index (Phi) is 5.75. The summed E-state index contributed by atoms with van der Waals surface area (Å²) in [5, 5.41) is 3.09. The van der Waals surface area contributed by atoms with Gasteiger partial charge in [0.1, 0.15) is 0 Å². The zero-order valence-electron chi connectivity index (χ0n) is 14.8. The fourth-order valence-electron chi connectivity index (χ4n) is 3.72. The van der Waals surface area contributed by atoms with Crippen LogP contribution in [0.3, 0.4) is 0 Å². The van der Waals surface area contributed by atoms with Gasteiger partial charge in [-0.15, -0.1) is 11.8 Å². The maximum Gasteiger partial charge on any atom is 0.235 e. The SMILES string of the molecule is CCCS(=O)(=O)c1ccccc1SC(C)C(=O)N1C[C@H]2CNC[C@H]2C1. The fraction of sp³-hybridized carbons (Fsp3) is 0.611. The maximum atomic E-state index is 12.8. The second kappa shape index (κ2) is 7.68. The van der Waals surface area contributed by atoms with Gasteiger partial charge in [-0.25, -0.2) is 8.42 Å². The van der Waals surface area contributed by atoms with Gasteiger partial charge >= 0.3 is 0 Å². The van der Waals surface area contributed by atoms with Crippen LogP contribution in [0.1, 0.15) is 20.3 Å². The Hall–Kier alpha value is -1.05. The summed E-state index contributed by atoms with van der Waals surface area (Å²) in [6.07, 6.45) is 0.584. The highest BCUT2D eigenvalue weighted by Crippen LogP contribution is 2.33. The van der Waals surface area contributed by atoms with E-state index in [2.05, 4.69) is 5.32 Å². The Bertz CT molecular complexity index is 724. The third-order valence-corrected chi connectivity index (χ3v) is 8.28. The van der Waals surface area contributed by atoms with E-state index in [-0.39, 0.29) is 16.9 Å². The summed E-state index contributed by atoms with van der Waals surface area (Å²) in [6, 6.07) is 7.03. The number of hydrogen-bond donors (Lipinski definition) is 1. The number of benzene rings is 1. The average molecular weight is 383 g/mol. The first-order valence-corrected chi connectivity index (χ1v) is 11.4. The topological polar surface area (TPSA) is 66.5 Å². The van der Waals surface area contributed by atoms with Crippen molar-refractivity contribution in [3.63, 3.8) is 0 Å². The molecule has 1 unspecified atom stereocenters. The number of amides is 1. The summed E-state index contributed by atoms with van der Waals surface area (Å²) in [5.41, 5.74) is 0. The molecule has 0 aromatic heterocycles. The number of likely N-dealkylation sites (tertiary alicyclic amines) is 1. The molecule has 1 aromatic carbocycles. The van der Waals surface area contributed by atoms with E-state index in [1.165, 1.54) is 11.8 Å². The molecule has 5 nitrogen and oxygen atoms in total. The smallest absolute Gasteiger partial charge is 0.235 e. The second-order valence-corrected chi connectivity index (χ2v) is 10.4. The molecule has 7 heteroatoms. The van der Waals surface area contributed by atoms with Crippen LogP contribution in [0.5, 0.6) is 0 Å². The lowest BCUT2D eigenvalue weighted by Gasteiger charge is -2.22. The Labute approximate surface area is 154 Å². The van der Waals surface area contributed by atoms with E-state index in [4.69, 9.17) is 0 Å². The van der Waals surface area contributed by atoms with Crippen LogP contribution in [0.25, 0.3) is 0 Å². The van der Waals surface area contributed by atoms with E-state index >= 15 is 0 Å². The van der Waals surface area contributed by atoms with E-state index < -0.39 is 9.84 Å². The molecule has 2 saturated heterocycles. The molecule has 138 valence electrons. The number of carbonyl (C=O) groups excluding carboxylic acids is 1. The summed E-state index contributed by atoms with van der Waals surface area (Å²) in [4.78, 5) is 15.8. The molecule has 2 aliphatic heterocycles. The molecule has 2 aliphatic rings. The van der Waals surface area contributed by atoms with Gasteiger partial charge in [0.25, 0.3) is 0 Å². The molecule has 0 bridgehead atoms. The number of thioether (sulfide) groups is 1. The van der Waals surface area contributed by atoms with Crippen LogP contribution >= 0.6 is 11.8 Å². The Morgan fingerprint density at radius 1 is 1.28 bits per heavy atom. The van der Waals surface area contributed by atoms with E-state index in [1.54, 1.807) is 18.2 Å². The average Bonchev–Trinajstić information content (AvgIpc) is 3.16. The van der Waals surface area contributed by atoms with Crippen LogP contribution in [-0.2, 0) is 14.6 Å². The quantitative estimate of drug-likeness (QED) is 0.763.